The molecule has 70 valence electrons. The minimum absolute atomic E-state index is 0.132. The molecule has 0 heterocycles. The van der Waals surface area contributed by atoms with Crippen LogP contribution >= 0.6 is 0 Å². The third kappa shape index (κ3) is 1.30. The average molecular weight is 180 g/mol. The van der Waals surface area contributed by atoms with E-state index in [9.17, 15) is 9.59 Å². The Morgan fingerprint density at radius 2 is 2.00 bits per heavy atom. The molecular weight excluding hydrogens is 168 g/mol. The van der Waals surface area contributed by atoms with Crippen molar-refractivity contribution < 1.29 is 14.3 Å². The summed E-state index contributed by atoms with van der Waals surface area (Å²) in [6.07, 6.45) is 0. The summed E-state index contributed by atoms with van der Waals surface area (Å²) in [7, 11) is 1.31. The fraction of sp³-hybridized carbons (Fsp3) is 0.400. The first-order valence-electron chi connectivity index (χ1n) is 3.99. The van der Waals surface area contributed by atoms with E-state index in [1.54, 1.807) is 13.8 Å². The molecule has 3 nitrogen and oxygen atoms in total. The Labute approximate surface area is 77.1 Å². The quantitative estimate of drug-likeness (QED) is 0.450. The molecule has 1 unspecified atom stereocenters. The van der Waals surface area contributed by atoms with E-state index < -0.39 is 11.9 Å². The highest BCUT2D eigenvalue weighted by molar-refractivity contribution is 6.15. The Kier molecular flexibility index (Phi) is 2.36. The maximum Gasteiger partial charge on any atom is 0.317 e. The zero-order valence-corrected chi connectivity index (χ0v) is 8.01. The lowest BCUT2D eigenvalue weighted by Crippen LogP contribution is -2.17. The molecule has 1 aliphatic carbocycles. The van der Waals surface area contributed by atoms with Crippen molar-refractivity contribution in [1.82, 2.24) is 0 Å². The van der Waals surface area contributed by atoms with Gasteiger partial charge in [-0.25, -0.2) is 0 Å². The highest BCUT2D eigenvalue weighted by Crippen LogP contribution is 2.32. The molecule has 0 saturated carbocycles. The zero-order chi connectivity index (χ0) is 10.2. The molecule has 0 N–H and O–H groups in total. The minimum Gasteiger partial charge on any atom is -0.468 e. The Balaban J connectivity index is 3.09. The Morgan fingerprint density at radius 3 is 2.31 bits per heavy atom. The van der Waals surface area contributed by atoms with Crippen LogP contribution in [0.2, 0.25) is 0 Å². The van der Waals surface area contributed by atoms with Crippen molar-refractivity contribution in [2.75, 3.05) is 7.11 Å². The second-order valence-corrected chi connectivity index (χ2v) is 3.12. The smallest absolute Gasteiger partial charge is 0.317 e. The number of carbonyl (C=O) groups is 2. The molecule has 0 saturated heterocycles. The Bertz CT molecular complexity index is 323. The van der Waals surface area contributed by atoms with Crippen molar-refractivity contribution in [1.29, 1.82) is 0 Å². The summed E-state index contributed by atoms with van der Waals surface area (Å²) in [5.41, 5.74) is 1.68. The largest absolute Gasteiger partial charge is 0.468 e. The van der Waals surface area contributed by atoms with E-state index >= 15 is 0 Å². The summed E-state index contributed by atoms with van der Waals surface area (Å²) in [5.74, 6) is -1.10. The zero-order valence-electron chi connectivity index (χ0n) is 8.01. The van der Waals surface area contributed by atoms with E-state index in [-0.39, 0.29) is 5.78 Å². The van der Waals surface area contributed by atoms with E-state index in [2.05, 4.69) is 11.3 Å². The van der Waals surface area contributed by atoms with Gasteiger partial charge in [0.2, 0.25) is 0 Å². The molecule has 0 fully saturated rings. The van der Waals surface area contributed by atoms with Gasteiger partial charge in [0.25, 0.3) is 0 Å². The summed E-state index contributed by atoms with van der Waals surface area (Å²) >= 11 is 0. The van der Waals surface area contributed by atoms with Gasteiger partial charge in [-0.15, -0.1) is 0 Å². The summed E-state index contributed by atoms with van der Waals surface area (Å²) in [6, 6.07) is 0. The Morgan fingerprint density at radius 1 is 1.46 bits per heavy atom. The molecule has 0 aliphatic heterocycles. The third-order valence-corrected chi connectivity index (χ3v) is 2.44. The van der Waals surface area contributed by atoms with Crippen LogP contribution in [-0.4, -0.2) is 18.9 Å². The topological polar surface area (TPSA) is 43.4 Å². The van der Waals surface area contributed by atoms with Gasteiger partial charge in [0, 0.05) is 5.57 Å². The molecule has 1 rings (SSSR count). The van der Waals surface area contributed by atoms with E-state index in [0.29, 0.717) is 11.1 Å². The number of allylic oxidation sites excluding steroid dienone is 1. The van der Waals surface area contributed by atoms with Crippen LogP contribution in [0.25, 0.3) is 0 Å². The molecule has 3 heteroatoms. The molecule has 13 heavy (non-hydrogen) atoms. The molecule has 0 bridgehead atoms. The molecule has 0 aromatic heterocycles. The lowest BCUT2D eigenvalue weighted by atomic mass is 9.99. The maximum atomic E-state index is 11.4. The fourth-order valence-electron chi connectivity index (χ4n) is 1.47. The second-order valence-electron chi connectivity index (χ2n) is 3.12. The van der Waals surface area contributed by atoms with Crippen molar-refractivity contribution in [2.45, 2.75) is 13.8 Å². The maximum absolute atomic E-state index is 11.4. The highest BCUT2D eigenvalue weighted by atomic mass is 16.5. The first-order valence-corrected chi connectivity index (χ1v) is 3.99. The number of ether oxygens (including phenoxy) is 1. The summed E-state index contributed by atoms with van der Waals surface area (Å²) in [4.78, 5) is 22.6. The van der Waals surface area contributed by atoms with Gasteiger partial charge in [-0.3, -0.25) is 9.59 Å². The van der Waals surface area contributed by atoms with Gasteiger partial charge in [0.1, 0.15) is 5.92 Å². The van der Waals surface area contributed by atoms with Gasteiger partial charge in [0.05, 0.1) is 7.11 Å². The number of methoxy groups -OCH3 is 1. The van der Waals surface area contributed by atoms with E-state index in [1.165, 1.54) is 7.11 Å². The predicted molar refractivity (Wildman–Crippen MR) is 48.0 cm³/mol. The normalized spacial score (nSPS) is 22.5. The van der Waals surface area contributed by atoms with Crippen LogP contribution in [-0.2, 0) is 14.3 Å². The Hall–Kier alpha value is -1.38. The van der Waals surface area contributed by atoms with Gasteiger partial charge >= 0.3 is 5.97 Å². The molecular formula is C10H12O3. The molecule has 0 aromatic rings. The van der Waals surface area contributed by atoms with E-state index in [0.717, 1.165) is 5.57 Å². The van der Waals surface area contributed by atoms with Gasteiger partial charge in [-0.05, 0) is 25.0 Å². The monoisotopic (exact) mass is 180 g/mol. The lowest BCUT2D eigenvalue weighted by molar-refractivity contribution is -0.143. The summed E-state index contributed by atoms with van der Waals surface area (Å²) in [5, 5.41) is 0. The standard InChI is InChI=1S/C10H12O3/c1-5-6(2)9(11)7(3)8(5)10(12)13-4/h8H,3H2,1-2,4H3. The summed E-state index contributed by atoms with van der Waals surface area (Å²) in [6.45, 7) is 7.05. The van der Waals surface area contributed by atoms with Gasteiger partial charge in [0.15, 0.2) is 5.78 Å². The van der Waals surface area contributed by atoms with Crippen molar-refractivity contribution >= 4 is 11.8 Å². The number of Topliss-reactive ketones (excluding diaryl/α,β-unsaturated/α-hetero) is 1. The molecule has 1 aliphatic rings. The van der Waals surface area contributed by atoms with Crippen LogP contribution in [0.5, 0.6) is 0 Å². The molecule has 0 aromatic carbocycles. The number of hydrogen-bond acceptors (Lipinski definition) is 3. The molecule has 1 atom stereocenters. The number of hydrogen-bond donors (Lipinski definition) is 0. The minimum atomic E-state index is -0.558. The van der Waals surface area contributed by atoms with Crippen LogP contribution < -0.4 is 0 Å². The second kappa shape index (κ2) is 3.17. The SMILES string of the molecule is C=C1C(=O)C(C)=C(C)C1C(=O)OC. The van der Waals surface area contributed by atoms with Crippen LogP contribution in [0, 0.1) is 5.92 Å². The van der Waals surface area contributed by atoms with Gasteiger partial charge in [-0.2, -0.15) is 0 Å². The number of ketones is 1. The number of carbonyl (C=O) groups excluding carboxylic acids is 2. The van der Waals surface area contributed by atoms with Crippen LogP contribution in [0.4, 0.5) is 0 Å². The van der Waals surface area contributed by atoms with Gasteiger partial charge < -0.3 is 4.74 Å². The van der Waals surface area contributed by atoms with Gasteiger partial charge in [-0.1, -0.05) is 6.58 Å². The predicted octanol–water partition coefficient (Wildman–Crippen LogP) is 1.25. The van der Waals surface area contributed by atoms with Crippen LogP contribution in [0.15, 0.2) is 23.3 Å². The van der Waals surface area contributed by atoms with E-state index in [1.807, 2.05) is 0 Å². The highest BCUT2D eigenvalue weighted by Gasteiger charge is 2.36. The lowest BCUT2D eigenvalue weighted by Gasteiger charge is -2.08. The molecule has 0 spiro atoms. The first-order chi connectivity index (χ1) is 6.00. The summed E-state index contributed by atoms with van der Waals surface area (Å²) < 4.78 is 4.59. The van der Waals surface area contributed by atoms with Crippen molar-refractivity contribution in [2.24, 2.45) is 5.92 Å². The average Bonchev–Trinajstić information content (AvgIpc) is 2.30. The van der Waals surface area contributed by atoms with E-state index in [4.69, 9.17) is 0 Å². The van der Waals surface area contributed by atoms with Crippen LogP contribution in [0.3, 0.4) is 0 Å². The first kappa shape index (κ1) is 9.71. The van der Waals surface area contributed by atoms with Crippen molar-refractivity contribution in [3.8, 4) is 0 Å². The number of esters is 1. The molecule has 0 radical (unpaired) electrons. The third-order valence-electron chi connectivity index (χ3n) is 2.44. The fourth-order valence-corrected chi connectivity index (χ4v) is 1.47. The number of rotatable bonds is 1. The molecule has 0 amide bonds. The van der Waals surface area contributed by atoms with Crippen LogP contribution in [0.1, 0.15) is 13.8 Å². The van der Waals surface area contributed by atoms with Crippen molar-refractivity contribution in [3.63, 3.8) is 0 Å². The van der Waals surface area contributed by atoms with Crippen molar-refractivity contribution in [3.05, 3.63) is 23.3 Å².